The number of allylic oxidation sites excluding steroid dienone is 2. The van der Waals surface area contributed by atoms with Gasteiger partial charge in [0.25, 0.3) is 0 Å². The number of ketones is 1. The number of carbonyl (C=O) groups excluding carboxylic acids is 2. The second kappa shape index (κ2) is 4.69. The summed E-state index contributed by atoms with van der Waals surface area (Å²) in [5, 5.41) is 9.13. The van der Waals surface area contributed by atoms with Crippen molar-refractivity contribution in [1.82, 2.24) is 10.9 Å². The number of ether oxygens (including phenoxy) is 1. The molecule has 6 unspecified atom stereocenters. The average molecular weight is 344 g/mol. The van der Waals surface area contributed by atoms with Gasteiger partial charge in [-0.05, 0) is 25.2 Å². The molecule has 0 radical (unpaired) electrons. The maximum Gasteiger partial charge on any atom is 0.308 e. The van der Waals surface area contributed by atoms with Gasteiger partial charge in [0.15, 0.2) is 5.78 Å². The first kappa shape index (κ1) is 15.5. The molecule has 2 aliphatic carbocycles. The predicted molar refractivity (Wildman–Crippen MR) is 88.0 cm³/mol. The lowest BCUT2D eigenvalue weighted by atomic mass is 9.53. The van der Waals surface area contributed by atoms with Crippen LogP contribution in [0.3, 0.4) is 0 Å². The van der Waals surface area contributed by atoms with Gasteiger partial charge >= 0.3 is 5.97 Å². The number of hydrazine groups is 1. The van der Waals surface area contributed by atoms with E-state index in [1.165, 1.54) is 0 Å². The SMILES string of the molecule is CC12CCC(=O)C=C1NNC1C2CCC2(C)C1N=NC21CCC(=O)O1. The fraction of sp³-hybridized carbons (Fsp3) is 0.778. The van der Waals surface area contributed by atoms with Gasteiger partial charge in [0.2, 0.25) is 5.72 Å². The van der Waals surface area contributed by atoms with Gasteiger partial charge in [-0.25, -0.2) is 5.43 Å². The molecule has 0 aromatic rings. The fourth-order valence-electron chi connectivity index (χ4n) is 5.86. The Balaban J connectivity index is 1.50. The molecule has 0 bridgehead atoms. The zero-order chi connectivity index (χ0) is 17.4. The van der Waals surface area contributed by atoms with Crippen molar-refractivity contribution in [3.05, 3.63) is 11.8 Å². The number of fused-ring (bicyclic) bond motifs is 6. The van der Waals surface area contributed by atoms with E-state index in [2.05, 4.69) is 34.9 Å². The topological polar surface area (TPSA) is 92.1 Å². The molecule has 1 saturated carbocycles. The molecule has 2 N–H and O–H groups in total. The quantitative estimate of drug-likeness (QED) is 0.656. The number of esters is 1. The molecular weight excluding hydrogens is 320 g/mol. The maximum absolute atomic E-state index is 11.8. The Bertz CT molecular complexity index is 734. The largest absolute Gasteiger partial charge is 0.435 e. The minimum Gasteiger partial charge on any atom is -0.435 e. The summed E-state index contributed by atoms with van der Waals surface area (Å²) < 4.78 is 5.70. The Morgan fingerprint density at radius 1 is 1.20 bits per heavy atom. The molecule has 3 fully saturated rings. The number of carbonyl (C=O) groups is 2. The molecule has 7 heteroatoms. The van der Waals surface area contributed by atoms with Crippen molar-refractivity contribution in [2.24, 2.45) is 27.0 Å². The molecule has 1 spiro atoms. The van der Waals surface area contributed by atoms with Gasteiger partial charge < -0.3 is 10.2 Å². The van der Waals surface area contributed by atoms with Crippen molar-refractivity contribution in [3.63, 3.8) is 0 Å². The van der Waals surface area contributed by atoms with E-state index in [0.29, 0.717) is 25.2 Å². The molecule has 6 atom stereocenters. The van der Waals surface area contributed by atoms with Crippen molar-refractivity contribution >= 4 is 11.8 Å². The van der Waals surface area contributed by atoms with Gasteiger partial charge in [0, 0.05) is 30.0 Å². The summed E-state index contributed by atoms with van der Waals surface area (Å²) >= 11 is 0. The standard InChI is InChI=1S/C18H24N4O3/c1-16-6-3-10(23)9-12(16)19-20-14-11(16)4-7-17(2)15(14)21-22-18(17)8-5-13(24)25-18/h9,11,14-15,19-20H,3-8H2,1-2H3. The molecule has 3 aliphatic heterocycles. The summed E-state index contributed by atoms with van der Waals surface area (Å²) in [7, 11) is 0. The number of hydrogen-bond donors (Lipinski definition) is 2. The smallest absolute Gasteiger partial charge is 0.308 e. The second-order valence-corrected chi connectivity index (χ2v) is 8.72. The van der Waals surface area contributed by atoms with Crippen molar-refractivity contribution < 1.29 is 14.3 Å². The van der Waals surface area contributed by atoms with Gasteiger partial charge in [0.1, 0.15) is 0 Å². The minimum absolute atomic E-state index is 0.0272. The van der Waals surface area contributed by atoms with Crippen LogP contribution >= 0.6 is 0 Å². The van der Waals surface area contributed by atoms with Crippen LogP contribution in [0.4, 0.5) is 0 Å². The van der Waals surface area contributed by atoms with Crippen LogP contribution in [0.5, 0.6) is 0 Å². The zero-order valence-electron chi connectivity index (χ0n) is 14.7. The minimum atomic E-state index is -0.777. The van der Waals surface area contributed by atoms with Crippen molar-refractivity contribution in [2.75, 3.05) is 0 Å². The highest BCUT2D eigenvalue weighted by atomic mass is 16.6. The third-order valence-electron chi connectivity index (χ3n) is 7.59. The van der Waals surface area contributed by atoms with E-state index in [4.69, 9.17) is 4.74 Å². The Labute approximate surface area is 146 Å². The third-order valence-corrected chi connectivity index (χ3v) is 7.59. The van der Waals surface area contributed by atoms with E-state index in [1.807, 2.05) is 0 Å². The molecule has 25 heavy (non-hydrogen) atoms. The normalized spacial score (nSPS) is 50.6. The van der Waals surface area contributed by atoms with Gasteiger partial charge in [-0.15, -0.1) is 5.11 Å². The Morgan fingerprint density at radius 3 is 2.80 bits per heavy atom. The molecule has 7 nitrogen and oxygen atoms in total. The highest BCUT2D eigenvalue weighted by Gasteiger charge is 2.68. The van der Waals surface area contributed by atoms with Crippen molar-refractivity contribution in [3.8, 4) is 0 Å². The summed E-state index contributed by atoms with van der Waals surface area (Å²) in [5.41, 5.74) is 6.63. The number of rotatable bonds is 0. The van der Waals surface area contributed by atoms with Crippen LogP contribution in [0.2, 0.25) is 0 Å². The van der Waals surface area contributed by atoms with Crippen LogP contribution in [-0.4, -0.2) is 29.6 Å². The molecule has 3 heterocycles. The third kappa shape index (κ3) is 1.80. The fourth-order valence-corrected chi connectivity index (χ4v) is 5.86. The first-order valence-corrected chi connectivity index (χ1v) is 9.28. The van der Waals surface area contributed by atoms with E-state index >= 15 is 0 Å². The number of nitrogens with zero attached hydrogens (tertiary/aromatic N) is 2. The first-order chi connectivity index (χ1) is 11.9. The summed E-state index contributed by atoms with van der Waals surface area (Å²) in [6.07, 6.45) is 6.23. The highest BCUT2D eigenvalue weighted by Crippen LogP contribution is 2.61. The lowest BCUT2D eigenvalue weighted by Crippen LogP contribution is -2.68. The van der Waals surface area contributed by atoms with E-state index in [1.54, 1.807) is 6.08 Å². The Hall–Kier alpha value is -1.76. The molecule has 0 aromatic carbocycles. The van der Waals surface area contributed by atoms with Crippen LogP contribution in [0, 0.1) is 16.7 Å². The van der Waals surface area contributed by atoms with Gasteiger partial charge in [0.05, 0.1) is 23.9 Å². The molecule has 134 valence electrons. The van der Waals surface area contributed by atoms with E-state index in [0.717, 1.165) is 25.0 Å². The number of hydrogen-bond acceptors (Lipinski definition) is 7. The van der Waals surface area contributed by atoms with E-state index in [-0.39, 0.29) is 34.7 Å². The van der Waals surface area contributed by atoms with Crippen LogP contribution in [-0.2, 0) is 14.3 Å². The lowest BCUT2D eigenvalue weighted by molar-refractivity contribution is -0.163. The predicted octanol–water partition coefficient (Wildman–Crippen LogP) is 2.00. The van der Waals surface area contributed by atoms with Crippen LogP contribution in [0.25, 0.3) is 0 Å². The lowest BCUT2D eigenvalue weighted by Gasteiger charge is -2.57. The summed E-state index contributed by atoms with van der Waals surface area (Å²) in [4.78, 5) is 23.6. The van der Waals surface area contributed by atoms with Crippen LogP contribution < -0.4 is 10.9 Å². The van der Waals surface area contributed by atoms with Crippen molar-refractivity contribution in [2.45, 2.75) is 70.2 Å². The monoisotopic (exact) mass is 344 g/mol. The zero-order valence-corrected chi connectivity index (χ0v) is 14.7. The van der Waals surface area contributed by atoms with Crippen molar-refractivity contribution in [1.29, 1.82) is 0 Å². The van der Waals surface area contributed by atoms with Gasteiger partial charge in [-0.1, -0.05) is 13.8 Å². The highest BCUT2D eigenvalue weighted by molar-refractivity contribution is 5.91. The second-order valence-electron chi connectivity index (χ2n) is 8.72. The van der Waals surface area contributed by atoms with E-state index in [9.17, 15) is 9.59 Å². The molecular formula is C18H24N4O3. The molecule has 5 rings (SSSR count). The van der Waals surface area contributed by atoms with E-state index < -0.39 is 5.72 Å². The van der Waals surface area contributed by atoms with Crippen LogP contribution in [0.15, 0.2) is 22.0 Å². The Morgan fingerprint density at radius 2 is 2.04 bits per heavy atom. The molecule has 2 saturated heterocycles. The number of nitrogens with one attached hydrogen (secondary N) is 2. The molecule has 0 aromatic heterocycles. The first-order valence-electron chi connectivity index (χ1n) is 9.28. The average Bonchev–Trinajstić information content (AvgIpc) is 3.10. The Kier molecular flexibility index (Phi) is 2.91. The summed E-state index contributed by atoms with van der Waals surface area (Å²) in [6.45, 7) is 4.43. The summed E-state index contributed by atoms with van der Waals surface area (Å²) in [6, 6.07) is 0.0946. The van der Waals surface area contributed by atoms with Crippen LogP contribution in [0.1, 0.15) is 52.4 Å². The maximum atomic E-state index is 11.8. The number of azo groups is 1. The molecule has 5 aliphatic rings. The van der Waals surface area contributed by atoms with Gasteiger partial charge in [-0.2, -0.15) is 5.11 Å². The molecule has 0 amide bonds. The van der Waals surface area contributed by atoms with Gasteiger partial charge in [-0.3, -0.25) is 9.59 Å². The summed E-state index contributed by atoms with van der Waals surface area (Å²) in [5.74, 6) is 0.413.